The summed E-state index contributed by atoms with van der Waals surface area (Å²) in [7, 11) is -2.92. The van der Waals surface area contributed by atoms with Crippen molar-refractivity contribution in [3.8, 4) is 0 Å². The fourth-order valence-electron chi connectivity index (χ4n) is 3.52. The second-order valence-corrected chi connectivity index (χ2v) is 9.45. The lowest BCUT2D eigenvalue weighted by molar-refractivity contribution is -0.118. The van der Waals surface area contributed by atoms with Crippen LogP contribution in [0.2, 0.25) is 0 Å². The molecule has 0 aromatic heterocycles. The predicted octanol–water partition coefficient (Wildman–Crippen LogP) is 3.10. The van der Waals surface area contributed by atoms with Crippen LogP contribution in [0.3, 0.4) is 0 Å². The van der Waals surface area contributed by atoms with Crippen LogP contribution in [-0.4, -0.2) is 25.8 Å². The molecule has 1 N–H and O–H groups in total. The maximum atomic E-state index is 14.0. The second kappa shape index (κ2) is 5.58. The minimum absolute atomic E-state index is 0.0932. The second-order valence-electron chi connectivity index (χ2n) is 7.15. The van der Waals surface area contributed by atoms with E-state index < -0.39 is 9.84 Å². The van der Waals surface area contributed by atoms with E-state index in [2.05, 4.69) is 5.32 Å². The number of hydrogen-bond donors (Lipinski definition) is 1. The first kappa shape index (κ1) is 16.4. The topological polar surface area (TPSA) is 63.2 Å². The van der Waals surface area contributed by atoms with E-state index in [0.29, 0.717) is 24.1 Å². The van der Waals surface area contributed by atoms with E-state index in [0.717, 1.165) is 6.42 Å². The minimum atomic E-state index is -2.92. The first-order valence-electron chi connectivity index (χ1n) is 8.03. The van der Waals surface area contributed by atoms with E-state index in [1.54, 1.807) is 12.1 Å². The molecule has 1 aliphatic heterocycles. The molecule has 1 unspecified atom stereocenters. The highest BCUT2D eigenvalue weighted by Crippen LogP contribution is 2.60. The molecule has 1 aromatic rings. The highest BCUT2D eigenvalue weighted by atomic mass is 32.2. The van der Waals surface area contributed by atoms with Gasteiger partial charge in [-0.15, -0.1) is 0 Å². The van der Waals surface area contributed by atoms with Gasteiger partial charge in [0.1, 0.15) is 15.7 Å². The summed E-state index contributed by atoms with van der Waals surface area (Å²) in [4.78, 5) is 12.4. The van der Waals surface area contributed by atoms with Crippen molar-refractivity contribution in [2.24, 2.45) is 11.3 Å². The summed E-state index contributed by atoms with van der Waals surface area (Å²) in [5.74, 6) is -0.141. The number of anilines is 1. The molecule has 1 aromatic carbocycles. The van der Waals surface area contributed by atoms with Gasteiger partial charge >= 0.3 is 0 Å². The molecule has 4 nitrogen and oxygen atoms in total. The Morgan fingerprint density at radius 1 is 1.30 bits per heavy atom. The van der Waals surface area contributed by atoms with Crippen LogP contribution >= 0.6 is 0 Å². The molecule has 1 amide bonds. The molecule has 1 saturated carbocycles. The Kier molecular flexibility index (Phi) is 3.99. The molecule has 126 valence electrons. The van der Waals surface area contributed by atoms with Gasteiger partial charge in [0, 0.05) is 11.6 Å². The fourth-order valence-corrected chi connectivity index (χ4v) is 5.16. The molecule has 3 rings (SSSR count). The first-order valence-corrected chi connectivity index (χ1v) is 9.85. The molecule has 1 saturated heterocycles. The summed E-state index contributed by atoms with van der Waals surface area (Å²) in [6.45, 7) is 3.84. The van der Waals surface area contributed by atoms with E-state index in [4.69, 9.17) is 0 Å². The average molecular weight is 339 g/mol. The molecule has 1 aliphatic carbocycles. The summed E-state index contributed by atoms with van der Waals surface area (Å²) in [5, 5.41) is 2.77. The van der Waals surface area contributed by atoms with E-state index in [1.165, 1.54) is 6.07 Å². The molecule has 0 radical (unpaired) electrons. The van der Waals surface area contributed by atoms with Crippen LogP contribution in [0.5, 0.6) is 0 Å². The van der Waals surface area contributed by atoms with Crippen molar-refractivity contribution in [1.29, 1.82) is 0 Å². The molecule has 6 heteroatoms. The Hall–Kier alpha value is -1.43. The van der Waals surface area contributed by atoms with E-state index in [1.807, 2.05) is 13.8 Å². The van der Waals surface area contributed by atoms with Crippen LogP contribution in [0.25, 0.3) is 0 Å². The zero-order valence-corrected chi connectivity index (χ0v) is 14.2. The molecule has 1 atom stereocenters. The quantitative estimate of drug-likeness (QED) is 0.920. The lowest BCUT2D eigenvalue weighted by atomic mass is 9.96. The number of nitrogens with one attached hydrogen (secondary N) is 1. The number of sulfone groups is 1. The molecule has 1 spiro atoms. The molecule has 0 bridgehead atoms. The van der Waals surface area contributed by atoms with Crippen LogP contribution in [0, 0.1) is 17.2 Å². The number of halogens is 1. The van der Waals surface area contributed by atoms with Gasteiger partial charge in [-0.25, -0.2) is 12.8 Å². The Bertz CT molecular complexity index is 728. The Morgan fingerprint density at radius 3 is 2.52 bits per heavy atom. The summed E-state index contributed by atoms with van der Waals surface area (Å²) < 4.78 is 37.0. The molecule has 2 aliphatic rings. The lowest BCUT2D eigenvalue weighted by Crippen LogP contribution is -2.28. The summed E-state index contributed by atoms with van der Waals surface area (Å²) in [6, 6.07) is 4.77. The van der Waals surface area contributed by atoms with Crippen molar-refractivity contribution >= 4 is 21.4 Å². The third kappa shape index (κ3) is 3.27. The highest BCUT2D eigenvalue weighted by Gasteiger charge is 2.59. The number of benzene rings is 1. The number of hydrogen-bond acceptors (Lipinski definition) is 3. The van der Waals surface area contributed by atoms with Gasteiger partial charge in [-0.05, 0) is 48.3 Å². The Labute approximate surface area is 136 Å². The van der Waals surface area contributed by atoms with Gasteiger partial charge in [-0.1, -0.05) is 19.9 Å². The van der Waals surface area contributed by atoms with Gasteiger partial charge in [0.2, 0.25) is 5.91 Å². The number of carbonyl (C=O) groups excluding carboxylic acids is 1. The highest BCUT2D eigenvalue weighted by molar-refractivity contribution is 7.91. The van der Waals surface area contributed by atoms with Gasteiger partial charge in [0.15, 0.2) is 0 Å². The maximum Gasteiger partial charge on any atom is 0.228 e. The van der Waals surface area contributed by atoms with Crippen LogP contribution in [0.15, 0.2) is 18.2 Å². The first-order chi connectivity index (χ1) is 10.7. The third-order valence-electron chi connectivity index (χ3n) is 5.22. The Balaban J connectivity index is 1.64. The fraction of sp³-hybridized carbons (Fsp3) is 0.588. The lowest BCUT2D eigenvalue weighted by Gasteiger charge is -2.22. The van der Waals surface area contributed by atoms with Crippen molar-refractivity contribution in [3.05, 3.63) is 29.6 Å². The van der Waals surface area contributed by atoms with E-state index >= 15 is 0 Å². The van der Waals surface area contributed by atoms with Crippen LogP contribution < -0.4 is 5.32 Å². The smallest absolute Gasteiger partial charge is 0.228 e. The summed E-state index contributed by atoms with van der Waals surface area (Å²) in [6.07, 6.45) is 1.86. The van der Waals surface area contributed by atoms with Crippen molar-refractivity contribution in [2.45, 2.75) is 39.0 Å². The largest absolute Gasteiger partial charge is 0.326 e. The average Bonchev–Trinajstić information content (AvgIpc) is 3.17. The monoisotopic (exact) mass is 339 g/mol. The van der Waals surface area contributed by atoms with Crippen LogP contribution in [0.4, 0.5) is 10.1 Å². The van der Waals surface area contributed by atoms with Crippen LogP contribution in [0.1, 0.15) is 44.6 Å². The predicted molar refractivity (Wildman–Crippen MR) is 87.5 cm³/mol. The van der Waals surface area contributed by atoms with Crippen molar-refractivity contribution in [3.63, 3.8) is 0 Å². The molecular weight excluding hydrogens is 317 g/mol. The Morgan fingerprint density at radius 2 is 1.96 bits per heavy atom. The maximum absolute atomic E-state index is 14.0. The minimum Gasteiger partial charge on any atom is -0.326 e. The zero-order valence-electron chi connectivity index (χ0n) is 13.4. The van der Waals surface area contributed by atoms with Gasteiger partial charge in [-0.3, -0.25) is 4.79 Å². The number of amides is 1. The summed E-state index contributed by atoms with van der Waals surface area (Å²) in [5.41, 5.74) is 0.942. The number of carbonyl (C=O) groups is 1. The van der Waals surface area contributed by atoms with E-state index in [-0.39, 0.29) is 40.5 Å². The zero-order chi connectivity index (χ0) is 16.8. The molecule has 2 fully saturated rings. The normalized spacial score (nSPS) is 24.6. The van der Waals surface area contributed by atoms with E-state index in [9.17, 15) is 17.6 Å². The van der Waals surface area contributed by atoms with Gasteiger partial charge in [0.05, 0.1) is 11.5 Å². The van der Waals surface area contributed by atoms with Crippen molar-refractivity contribution in [1.82, 2.24) is 0 Å². The molecule has 23 heavy (non-hydrogen) atoms. The SMILES string of the molecule is CC(C)c1ccc(NC(=O)C2CC23CCS(=O)(=O)CC3)cc1F. The third-order valence-corrected chi connectivity index (χ3v) is 6.87. The van der Waals surface area contributed by atoms with Gasteiger partial charge in [0.25, 0.3) is 0 Å². The van der Waals surface area contributed by atoms with Gasteiger partial charge < -0.3 is 5.32 Å². The molecule has 1 heterocycles. The molecular formula is C17H22FNO3S. The van der Waals surface area contributed by atoms with Crippen molar-refractivity contribution in [2.75, 3.05) is 16.8 Å². The standard InChI is InChI=1S/C17H22FNO3S/c1-11(2)13-4-3-12(9-15(13)18)19-16(20)14-10-17(14)5-7-23(21,22)8-6-17/h3-4,9,11,14H,5-8,10H2,1-2H3,(H,19,20). The van der Waals surface area contributed by atoms with Gasteiger partial charge in [-0.2, -0.15) is 0 Å². The summed E-state index contributed by atoms with van der Waals surface area (Å²) >= 11 is 0. The van der Waals surface area contributed by atoms with Crippen molar-refractivity contribution < 1.29 is 17.6 Å². The van der Waals surface area contributed by atoms with Crippen LogP contribution in [-0.2, 0) is 14.6 Å². The number of rotatable bonds is 3.